The van der Waals surface area contributed by atoms with Gasteiger partial charge in [-0.05, 0) is 43.4 Å². The van der Waals surface area contributed by atoms with Crippen molar-refractivity contribution < 1.29 is 14.3 Å². The molecule has 2 rings (SSSR count). The van der Waals surface area contributed by atoms with Crippen molar-refractivity contribution in [3.63, 3.8) is 0 Å². The summed E-state index contributed by atoms with van der Waals surface area (Å²) in [5.74, 6) is 1.45. The fourth-order valence-corrected chi connectivity index (χ4v) is 3.05. The molecule has 0 radical (unpaired) electrons. The molecule has 1 amide bonds. The highest BCUT2D eigenvalue weighted by atomic mass is 16.5. The second-order valence-corrected chi connectivity index (χ2v) is 6.36. The second-order valence-electron chi connectivity index (χ2n) is 6.36. The Morgan fingerprint density at radius 2 is 2.26 bits per heavy atom. The van der Waals surface area contributed by atoms with E-state index in [0.717, 1.165) is 30.7 Å². The zero-order valence-corrected chi connectivity index (χ0v) is 14.3. The molecule has 0 spiro atoms. The van der Waals surface area contributed by atoms with Crippen LogP contribution in [0.5, 0.6) is 5.75 Å². The fraction of sp³-hybridized carbons (Fsp3) is 0.611. The molecule has 2 N–H and O–H groups in total. The first kappa shape index (κ1) is 17.8. The summed E-state index contributed by atoms with van der Waals surface area (Å²) in [6.07, 6.45) is 1.54. The average Bonchev–Trinajstić information content (AvgIpc) is 2.59. The molecule has 0 saturated carbocycles. The van der Waals surface area contributed by atoms with Crippen molar-refractivity contribution in [2.24, 2.45) is 11.7 Å². The van der Waals surface area contributed by atoms with Crippen molar-refractivity contribution in [2.45, 2.75) is 45.4 Å². The lowest BCUT2D eigenvalue weighted by Gasteiger charge is -2.39. The quantitative estimate of drug-likeness (QED) is 0.872. The molecule has 5 nitrogen and oxygen atoms in total. The summed E-state index contributed by atoms with van der Waals surface area (Å²) in [4.78, 5) is 14.5. The van der Waals surface area contributed by atoms with Crippen molar-refractivity contribution in [2.75, 3.05) is 20.2 Å². The number of likely N-dealkylation sites (tertiary alicyclic amines) is 1. The number of amides is 1. The van der Waals surface area contributed by atoms with E-state index in [9.17, 15) is 4.79 Å². The van der Waals surface area contributed by atoms with Crippen LogP contribution >= 0.6 is 0 Å². The predicted octanol–water partition coefficient (Wildman–Crippen LogP) is 2.19. The van der Waals surface area contributed by atoms with Crippen molar-refractivity contribution in [3.8, 4) is 5.75 Å². The molecule has 1 fully saturated rings. The highest BCUT2D eigenvalue weighted by molar-refractivity contribution is 5.81. The molecule has 0 bridgehead atoms. The van der Waals surface area contributed by atoms with E-state index in [4.69, 9.17) is 15.2 Å². The number of nitrogens with zero attached hydrogens (tertiary/aromatic N) is 1. The maximum Gasteiger partial charge on any atom is 0.251 e. The summed E-state index contributed by atoms with van der Waals surface area (Å²) in [7, 11) is 1.64. The Balaban J connectivity index is 1.91. The minimum atomic E-state index is -0.469. The van der Waals surface area contributed by atoms with E-state index in [1.807, 2.05) is 36.1 Å². The van der Waals surface area contributed by atoms with Gasteiger partial charge < -0.3 is 20.1 Å². The van der Waals surface area contributed by atoms with E-state index in [0.29, 0.717) is 19.1 Å². The lowest BCUT2D eigenvalue weighted by Crippen LogP contribution is -2.52. The minimum Gasteiger partial charge on any atom is -0.497 e. The Kier molecular flexibility index (Phi) is 6.42. The largest absolute Gasteiger partial charge is 0.497 e. The van der Waals surface area contributed by atoms with Crippen molar-refractivity contribution in [1.82, 2.24) is 4.90 Å². The summed E-state index contributed by atoms with van der Waals surface area (Å²) in [6.45, 7) is 5.70. The first-order chi connectivity index (χ1) is 11.0. The maximum atomic E-state index is 12.6. The van der Waals surface area contributed by atoms with Gasteiger partial charge in [-0.1, -0.05) is 19.1 Å². The first-order valence-corrected chi connectivity index (χ1v) is 8.30. The molecule has 0 aliphatic carbocycles. The Hall–Kier alpha value is -1.59. The second kappa shape index (κ2) is 8.31. The normalized spacial score (nSPS) is 22.7. The third-order valence-corrected chi connectivity index (χ3v) is 4.52. The summed E-state index contributed by atoms with van der Waals surface area (Å²) in [5, 5.41) is 0. The van der Waals surface area contributed by atoms with Gasteiger partial charge in [-0.15, -0.1) is 0 Å². The van der Waals surface area contributed by atoms with Gasteiger partial charge in [0.2, 0.25) is 0 Å². The lowest BCUT2D eigenvalue weighted by atomic mass is 9.92. The number of carbonyl (C=O) groups excluding carboxylic acids is 1. The average molecular weight is 320 g/mol. The fourth-order valence-electron chi connectivity index (χ4n) is 3.05. The number of benzene rings is 1. The maximum absolute atomic E-state index is 12.6. The standard InChI is InChI=1S/C18H28N2O3/c1-13-7-8-20(16(9-13)11-19)18(21)14(2)23-12-15-5-4-6-17(10-15)22-3/h4-6,10,13-14,16H,7-9,11-12,19H2,1-3H3. The van der Waals surface area contributed by atoms with E-state index < -0.39 is 6.10 Å². The number of hydrogen-bond acceptors (Lipinski definition) is 4. The molecular formula is C18H28N2O3. The van der Waals surface area contributed by atoms with Crippen LogP contribution in [0.3, 0.4) is 0 Å². The van der Waals surface area contributed by atoms with Crippen LogP contribution < -0.4 is 10.5 Å². The summed E-state index contributed by atoms with van der Waals surface area (Å²) >= 11 is 0. The van der Waals surface area contributed by atoms with Gasteiger partial charge in [0.15, 0.2) is 0 Å². The lowest BCUT2D eigenvalue weighted by molar-refractivity contribution is -0.147. The van der Waals surface area contributed by atoms with Gasteiger partial charge in [-0.25, -0.2) is 0 Å². The van der Waals surface area contributed by atoms with E-state index in [1.54, 1.807) is 7.11 Å². The third kappa shape index (κ3) is 4.69. The van der Waals surface area contributed by atoms with E-state index >= 15 is 0 Å². The molecular weight excluding hydrogens is 292 g/mol. The number of rotatable bonds is 6. The van der Waals surface area contributed by atoms with Crippen LogP contribution in [0, 0.1) is 5.92 Å². The monoisotopic (exact) mass is 320 g/mol. The van der Waals surface area contributed by atoms with Gasteiger partial charge in [0.1, 0.15) is 11.9 Å². The highest BCUT2D eigenvalue weighted by Gasteiger charge is 2.31. The predicted molar refractivity (Wildman–Crippen MR) is 90.2 cm³/mol. The number of piperidine rings is 1. The molecule has 1 heterocycles. The van der Waals surface area contributed by atoms with Crippen molar-refractivity contribution in [3.05, 3.63) is 29.8 Å². The number of nitrogens with two attached hydrogens (primary N) is 1. The topological polar surface area (TPSA) is 64.8 Å². The number of hydrogen-bond donors (Lipinski definition) is 1. The van der Waals surface area contributed by atoms with Crippen molar-refractivity contribution >= 4 is 5.91 Å². The Morgan fingerprint density at radius 3 is 2.96 bits per heavy atom. The number of carbonyl (C=O) groups is 1. The van der Waals surface area contributed by atoms with E-state index in [2.05, 4.69) is 6.92 Å². The first-order valence-electron chi connectivity index (χ1n) is 8.30. The molecule has 5 heteroatoms. The summed E-state index contributed by atoms with van der Waals surface area (Å²) in [5.41, 5.74) is 6.83. The van der Waals surface area contributed by atoms with Crippen LogP contribution in [-0.2, 0) is 16.1 Å². The highest BCUT2D eigenvalue weighted by Crippen LogP contribution is 2.23. The summed E-state index contributed by atoms with van der Waals surface area (Å²) < 4.78 is 11.0. The van der Waals surface area contributed by atoms with Crippen LogP contribution in [0.4, 0.5) is 0 Å². The van der Waals surface area contributed by atoms with Crippen LogP contribution in [0.2, 0.25) is 0 Å². The molecule has 0 aromatic heterocycles. The molecule has 1 saturated heterocycles. The number of methoxy groups -OCH3 is 1. The molecule has 1 aromatic rings. The molecule has 128 valence electrons. The molecule has 3 atom stereocenters. The smallest absolute Gasteiger partial charge is 0.251 e. The Morgan fingerprint density at radius 1 is 1.48 bits per heavy atom. The Labute approximate surface area is 138 Å². The summed E-state index contributed by atoms with van der Waals surface area (Å²) in [6, 6.07) is 7.82. The van der Waals surface area contributed by atoms with Gasteiger partial charge >= 0.3 is 0 Å². The van der Waals surface area contributed by atoms with Gasteiger partial charge in [-0.3, -0.25) is 4.79 Å². The van der Waals surface area contributed by atoms with Gasteiger partial charge in [0.25, 0.3) is 5.91 Å². The molecule has 1 aromatic carbocycles. The zero-order chi connectivity index (χ0) is 16.8. The van der Waals surface area contributed by atoms with Crippen LogP contribution in [0.25, 0.3) is 0 Å². The van der Waals surface area contributed by atoms with Crippen LogP contribution in [0.15, 0.2) is 24.3 Å². The van der Waals surface area contributed by atoms with Gasteiger partial charge in [-0.2, -0.15) is 0 Å². The van der Waals surface area contributed by atoms with E-state index in [-0.39, 0.29) is 11.9 Å². The van der Waals surface area contributed by atoms with Gasteiger partial charge in [0.05, 0.1) is 13.7 Å². The molecule has 23 heavy (non-hydrogen) atoms. The van der Waals surface area contributed by atoms with Gasteiger partial charge in [0, 0.05) is 19.1 Å². The van der Waals surface area contributed by atoms with Crippen LogP contribution in [-0.4, -0.2) is 43.2 Å². The molecule has 1 aliphatic heterocycles. The SMILES string of the molecule is COc1cccc(COC(C)C(=O)N2CCC(C)CC2CN)c1. The Bertz CT molecular complexity index is 521. The molecule has 3 unspecified atom stereocenters. The molecule has 1 aliphatic rings. The van der Waals surface area contributed by atoms with E-state index in [1.165, 1.54) is 0 Å². The number of ether oxygens (including phenoxy) is 2. The van der Waals surface area contributed by atoms with Crippen LogP contribution in [0.1, 0.15) is 32.3 Å². The zero-order valence-electron chi connectivity index (χ0n) is 14.3. The third-order valence-electron chi connectivity index (χ3n) is 4.52. The van der Waals surface area contributed by atoms with Crippen molar-refractivity contribution in [1.29, 1.82) is 0 Å². The minimum absolute atomic E-state index is 0.0373.